The molecule has 0 spiro atoms. The summed E-state index contributed by atoms with van der Waals surface area (Å²) in [6, 6.07) is 12.5. The zero-order valence-electron chi connectivity index (χ0n) is 12.1. The molecule has 0 amide bonds. The van der Waals surface area contributed by atoms with Gasteiger partial charge in [-0.25, -0.2) is 4.98 Å². The van der Waals surface area contributed by atoms with E-state index in [9.17, 15) is 0 Å². The van der Waals surface area contributed by atoms with Gasteiger partial charge in [0.25, 0.3) is 0 Å². The normalized spacial score (nSPS) is 14.3. The third kappa shape index (κ3) is 2.42. The lowest BCUT2D eigenvalue weighted by Gasteiger charge is -2.31. The van der Waals surface area contributed by atoms with Crippen molar-refractivity contribution in [1.29, 1.82) is 0 Å². The van der Waals surface area contributed by atoms with E-state index in [4.69, 9.17) is 17.3 Å². The van der Waals surface area contributed by atoms with Crippen LogP contribution in [-0.2, 0) is 13.0 Å². The molecular weight excluding hydrogens is 314 g/mol. The summed E-state index contributed by atoms with van der Waals surface area (Å²) in [5.74, 6) is 0. The first-order valence-electron chi connectivity index (χ1n) is 7.38. The Balaban J connectivity index is 1.75. The lowest BCUT2D eigenvalue weighted by atomic mass is 10.0. The molecule has 0 saturated carbocycles. The summed E-state index contributed by atoms with van der Waals surface area (Å²) in [5, 5.41) is 1.46. The van der Waals surface area contributed by atoms with Gasteiger partial charge in [-0.15, -0.1) is 0 Å². The molecule has 0 unspecified atom stereocenters. The van der Waals surface area contributed by atoms with Gasteiger partial charge < -0.3 is 10.6 Å². The minimum absolute atomic E-state index is 0.634. The maximum atomic E-state index is 6.32. The van der Waals surface area contributed by atoms with Gasteiger partial charge >= 0.3 is 0 Å². The molecule has 2 N–H and O–H groups in total. The van der Waals surface area contributed by atoms with Crippen LogP contribution >= 0.6 is 22.9 Å². The van der Waals surface area contributed by atoms with Gasteiger partial charge in [-0.05, 0) is 42.2 Å². The van der Waals surface area contributed by atoms with Crippen LogP contribution in [0.5, 0.6) is 0 Å². The summed E-state index contributed by atoms with van der Waals surface area (Å²) >= 11 is 7.87. The number of aromatic nitrogens is 1. The molecular formula is C17H16ClN3S. The molecule has 0 radical (unpaired) electrons. The molecule has 1 aromatic heterocycles. The molecule has 2 heterocycles. The highest BCUT2D eigenvalue weighted by molar-refractivity contribution is 7.22. The van der Waals surface area contributed by atoms with Crippen molar-refractivity contribution in [1.82, 2.24) is 4.98 Å². The van der Waals surface area contributed by atoms with Crippen LogP contribution in [0.25, 0.3) is 10.2 Å². The van der Waals surface area contributed by atoms with Crippen molar-refractivity contribution < 1.29 is 0 Å². The van der Waals surface area contributed by atoms with E-state index in [1.54, 1.807) is 11.3 Å². The smallest absolute Gasteiger partial charge is 0.181 e. The fourth-order valence-corrected chi connectivity index (χ4v) is 4.07. The lowest BCUT2D eigenvalue weighted by Crippen LogP contribution is -2.28. The Hall–Kier alpha value is -1.78. The fourth-order valence-electron chi connectivity index (χ4n) is 3.09. The molecule has 0 saturated heterocycles. The van der Waals surface area contributed by atoms with Crippen LogP contribution in [0.3, 0.4) is 0 Å². The topological polar surface area (TPSA) is 42.1 Å². The van der Waals surface area contributed by atoms with E-state index in [2.05, 4.69) is 28.1 Å². The van der Waals surface area contributed by atoms with Gasteiger partial charge in [0.1, 0.15) is 0 Å². The highest BCUT2D eigenvalue weighted by atomic mass is 35.5. The molecule has 0 aliphatic carbocycles. The van der Waals surface area contributed by atoms with Crippen molar-refractivity contribution in [2.24, 2.45) is 0 Å². The van der Waals surface area contributed by atoms with E-state index < -0.39 is 0 Å². The molecule has 22 heavy (non-hydrogen) atoms. The Labute approximate surface area is 138 Å². The number of thiazole rings is 1. The molecule has 0 atom stereocenters. The molecule has 1 aliphatic rings. The van der Waals surface area contributed by atoms with Gasteiger partial charge in [-0.1, -0.05) is 41.1 Å². The minimum Gasteiger partial charge on any atom is -0.375 e. The molecule has 1 aliphatic heterocycles. The second kappa shape index (κ2) is 5.45. The number of nitrogens with two attached hydrogens (primary N) is 1. The Kier molecular flexibility index (Phi) is 3.43. The average molecular weight is 330 g/mol. The predicted octanol–water partition coefficient (Wildman–Crippen LogP) is 4.48. The highest BCUT2D eigenvalue weighted by Crippen LogP contribution is 2.35. The monoisotopic (exact) mass is 329 g/mol. The summed E-state index contributed by atoms with van der Waals surface area (Å²) in [7, 11) is 0. The first-order valence-corrected chi connectivity index (χ1v) is 8.57. The average Bonchev–Trinajstić information content (AvgIpc) is 2.87. The molecule has 4 rings (SSSR count). The van der Waals surface area contributed by atoms with E-state index in [1.807, 2.05) is 18.2 Å². The third-order valence-corrected chi connectivity index (χ3v) is 5.36. The van der Waals surface area contributed by atoms with Crippen molar-refractivity contribution in [3.63, 3.8) is 0 Å². The van der Waals surface area contributed by atoms with Crippen molar-refractivity contribution in [2.75, 3.05) is 17.2 Å². The fraction of sp³-hybridized carbons (Fsp3) is 0.235. The molecule has 3 aromatic rings. The SMILES string of the molecule is Nc1nc2cc3c(cc2s1)CCCN3Cc1ccccc1Cl. The largest absolute Gasteiger partial charge is 0.375 e. The van der Waals surface area contributed by atoms with E-state index in [-0.39, 0.29) is 0 Å². The number of aryl methyl sites for hydroxylation is 1. The van der Waals surface area contributed by atoms with Gasteiger partial charge in [0.2, 0.25) is 0 Å². The minimum atomic E-state index is 0.634. The number of hydrogen-bond donors (Lipinski definition) is 1. The maximum Gasteiger partial charge on any atom is 0.181 e. The zero-order valence-corrected chi connectivity index (χ0v) is 13.6. The molecule has 0 bridgehead atoms. The highest BCUT2D eigenvalue weighted by Gasteiger charge is 2.19. The van der Waals surface area contributed by atoms with Crippen molar-refractivity contribution in [3.8, 4) is 0 Å². The van der Waals surface area contributed by atoms with Crippen molar-refractivity contribution in [3.05, 3.63) is 52.5 Å². The maximum absolute atomic E-state index is 6.32. The van der Waals surface area contributed by atoms with Gasteiger partial charge in [-0.3, -0.25) is 0 Å². The lowest BCUT2D eigenvalue weighted by molar-refractivity contribution is 0.692. The van der Waals surface area contributed by atoms with Gasteiger partial charge in [-0.2, -0.15) is 0 Å². The number of nitrogens with zero attached hydrogens (tertiary/aromatic N) is 2. The second-order valence-electron chi connectivity index (χ2n) is 5.62. The summed E-state index contributed by atoms with van der Waals surface area (Å²) in [6.45, 7) is 1.88. The standard InChI is InChI=1S/C17H16ClN3S/c18-13-6-2-1-4-12(13)10-21-7-3-5-11-8-16-14(9-15(11)21)20-17(19)22-16/h1-2,4,6,8-9H,3,5,7,10H2,(H2,19,20). The van der Waals surface area contributed by atoms with Crippen LogP contribution in [-0.4, -0.2) is 11.5 Å². The number of benzene rings is 2. The van der Waals surface area contributed by atoms with E-state index in [0.717, 1.165) is 42.0 Å². The number of nitrogen functional groups attached to an aromatic ring is 1. The molecule has 5 heteroatoms. The van der Waals surface area contributed by atoms with E-state index in [0.29, 0.717) is 5.13 Å². The number of anilines is 2. The van der Waals surface area contributed by atoms with Gasteiger partial charge in [0, 0.05) is 23.8 Å². The van der Waals surface area contributed by atoms with E-state index in [1.165, 1.54) is 16.0 Å². The first-order chi connectivity index (χ1) is 10.7. The quantitative estimate of drug-likeness (QED) is 0.753. The van der Waals surface area contributed by atoms with Crippen LogP contribution in [0.1, 0.15) is 17.5 Å². The molecule has 0 fully saturated rings. The molecule has 112 valence electrons. The molecule has 3 nitrogen and oxygen atoms in total. The predicted molar refractivity (Wildman–Crippen MR) is 94.9 cm³/mol. The summed E-state index contributed by atoms with van der Waals surface area (Å²) in [4.78, 5) is 6.82. The Morgan fingerprint density at radius 1 is 1.27 bits per heavy atom. The number of rotatable bonds is 2. The number of hydrogen-bond acceptors (Lipinski definition) is 4. The van der Waals surface area contributed by atoms with Crippen molar-refractivity contribution in [2.45, 2.75) is 19.4 Å². The third-order valence-electron chi connectivity index (χ3n) is 4.14. The van der Waals surface area contributed by atoms with Crippen LogP contribution in [0.15, 0.2) is 36.4 Å². The second-order valence-corrected chi connectivity index (χ2v) is 7.09. The molecule has 2 aromatic carbocycles. The first kappa shape index (κ1) is 13.9. The number of fused-ring (bicyclic) bond motifs is 2. The summed E-state index contributed by atoms with van der Waals surface area (Å²) < 4.78 is 1.18. The van der Waals surface area contributed by atoms with Crippen molar-refractivity contribution >= 4 is 44.0 Å². The Morgan fingerprint density at radius 2 is 2.14 bits per heavy atom. The van der Waals surface area contributed by atoms with Crippen LogP contribution in [0.4, 0.5) is 10.8 Å². The van der Waals surface area contributed by atoms with Crippen LogP contribution < -0.4 is 10.6 Å². The summed E-state index contributed by atoms with van der Waals surface area (Å²) in [5.41, 5.74) is 10.6. The van der Waals surface area contributed by atoms with E-state index >= 15 is 0 Å². The Bertz CT molecular complexity index is 843. The van der Waals surface area contributed by atoms with Crippen LogP contribution in [0.2, 0.25) is 5.02 Å². The number of halogens is 1. The zero-order chi connectivity index (χ0) is 15.1. The summed E-state index contributed by atoms with van der Waals surface area (Å²) in [6.07, 6.45) is 2.28. The van der Waals surface area contributed by atoms with Crippen LogP contribution in [0, 0.1) is 0 Å². The van der Waals surface area contributed by atoms with Gasteiger partial charge in [0.05, 0.1) is 10.2 Å². The Morgan fingerprint density at radius 3 is 3.00 bits per heavy atom. The van der Waals surface area contributed by atoms with Gasteiger partial charge in [0.15, 0.2) is 5.13 Å².